The number of aromatic nitrogens is 4. The first-order chi connectivity index (χ1) is 8.81. The van der Waals surface area contributed by atoms with Crippen molar-refractivity contribution in [2.75, 3.05) is 7.11 Å². The summed E-state index contributed by atoms with van der Waals surface area (Å²) in [6.07, 6.45) is 3.13. The van der Waals surface area contributed by atoms with E-state index in [1.165, 1.54) is 7.11 Å². The lowest BCUT2D eigenvalue weighted by Crippen LogP contribution is -2.18. The van der Waals surface area contributed by atoms with E-state index in [-0.39, 0.29) is 12.0 Å². The molecule has 18 heavy (non-hydrogen) atoms. The van der Waals surface area contributed by atoms with Gasteiger partial charge in [-0.2, -0.15) is 0 Å². The molecule has 3 heterocycles. The Bertz CT molecular complexity index is 579. The molecule has 2 aromatic rings. The average Bonchev–Trinajstić information content (AvgIpc) is 3.00. The molecule has 0 aliphatic carbocycles. The van der Waals surface area contributed by atoms with Gasteiger partial charge in [0.1, 0.15) is 17.6 Å². The first kappa shape index (κ1) is 10.9. The summed E-state index contributed by atoms with van der Waals surface area (Å²) in [6, 6.07) is 5.23. The predicted molar refractivity (Wildman–Crippen MR) is 62.6 cm³/mol. The van der Waals surface area contributed by atoms with Crippen LogP contribution < -0.4 is 0 Å². The van der Waals surface area contributed by atoms with Gasteiger partial charge in [-0.1, -0.05) is 6.07 Å². The number of fused-ring (bicyclic) bond motifs is 1. The molecule has 92 valence electrons. The third-order valence-corrected chi connectivity index (χ3v) is 3.09. The molecule has 0 fully saturated rings. The Balaban J connectivity index is 2.07. The second-order valence-electron chi connectivity index (χ2n) is 4.10. The Morgan fingerprint density at radius 2 is 2.33 bits per heavy atom. The number of nitrogens with zero attached hydrogens (tertiary/aromatic N) is 4. The van der Waals surface area contributed by atoms with Gasteiger partial charge in [0.05, 0.1) is 7.11 Å². The van der Waals surface area contributed by atoms with E-state index in [4.69, 9.17) is 4.74 Å². The molecule has 2 aromatic heterocycles. The van der Waals surface area contributed by atoms with Gasteiger partial charge in [-0.25, -0.2) is 4.79 Å². The monoisotopic (exact) mass is 244 g/mol. The lowest BCUT2D eigenvalue weighted by atomic mass is 10.2. The van der Waals surface area contributed by atoms with Crippen molar-refractivity contribution in [2.24, 2.45) is 0 Å². The largest absolute Gasteiger partial charge is 0.467 e. The van der Waals surface area contributed by atoms with Crippen molar-refractivity contribution in [2.45, 2.75) is 18.9 Å². The molecule has 0 aromatic carbocycles. The maximum Gasteiger partial charge on any atom is 0.328 e. The SMILES string of the molecule is COC(=O)C1CCc2nnc(-c3ccccn3)n21. The maximum atomic E-state index is 11.7. The van der Waals surface area contributed by atoms with Crippen LogP contribution in [0.2, 0.25) is 0 Å². The van der Waals surface area contributed by atoms with Crippen LogP contribution in [-0.4, -0.2) is 32.8 Å². The highest BCUT2D eigenvalue weighted by Crippen LogP contribution is 2.30. The van der Waals surface area contributed by atoms with Crippen LogP contribution in [0.15, 0.2) is 24.4 Å². The number of esters is 1. The highest BCUT2D eigenvalue weighted by Gasteiger charge is 2.33. The second-order valence-corrected chi connectivity index (χ2v) is 4.10. The standard InChI is InChI=1S/C12H12N4O2/c1-18-12(17)9-5-6-10-14-15-11(16(9)10)8-4-2-3-7-13-8/h2-4,7,9H,5-6H2,1H3. The molecule has 6 heteroatoms. The second kappa shape index (κ2) is 4.21. The molecule has 1 aliphatic rings. The van der Waals surface area contributed by atoms with Crippen LogP contribution in [0.4, 0.5) is 0 Å². The van der Waals surface area contributed by atoms with Crippen molar-refractivity contribution in [1.82, 2.24) is 19.7 Å². The predicted octanol–water partition coefficient (Wildman–Crippen LogP) is 1.00. The summed E-state index contributed by atoms with van der Waals surface area (Å²) in [5, 5.41) is 8.22. The number of carbonyl (C=O) groups is 1. The molecule has 3 rings (SSSR count). The van der Waals surface area contributed by atoms with E-state index in [1.807, 2.05) is 22.8 Å². The third kappa shape index (κ3) is 1.57. The molecule has 1 atom stereocenters. The fourth-order valence-electron chi connectivity index (χ4n) is 2.25. The van der Waals surface area contributed by atoms with Crippen LogP contribution in [0.5, 0.6) is 0 Å². The molecule has 0 spiro atoms. The molecule has 0 saturated heterocycles. The molecular formula is C12H12N4O2. The fraction of sp³-hybridized carbons (Fsp3) is 0.333. The van der Waals surface area contributed by atoms with Crippen LogP contribution in [0.25, 0.3) is 11.5 Å². The summed E-state index contributed by atoms with van der Waals surface area (Å²) in [7, 11) is 1.39. The number of aryl methyl sites for hydroxylation is 1. The molecular weight excluding hydrogens is 232 g/mol. The number of methoxy groups -OCH3 is 1. The molecule has 6 nitrogen and oxygen atoms in total. The summed E-state index contributed by atoms with van der Waals surface area (Å²) in [5.74, 6) is 1.18. The summed E-state index contributed by atoms with van der Waals surface area (Å²) < 4.78 is 6.64. The molecule has 1 aliphatic heterocycles. The van der Waals surface area contributed by atoms with Crippen molar-refractivity contribution >= 4 is 5.97 Å². The molecule has 0 bridgehead atoms. The van der Waals surface area contributed by atoms with Gasteiger partial charge < -0.3 is 4.74 Å². The minimum Gasteiger partial charge on any atom is -0.467 e. The minimum absolute atomic E-state index is 0.259. The van der Waals surface area contributed by atoms with Gasteiger partial charge in [0.15, 0.2) is 5.82 Å². The lowest BCUT2D eigenvalue weighted by molar-refractivity contribution is -0.144. The zero-order valence-electron chi connectivity index (χ0n) is 9.91. The van der Waals surface area contributed by atoms with Gasteiger partial charge in [0, 0.05) is 12.6 Å². The zero-order chi connectivity index (χ0) is 12.5. The minimum atomic E-state index is -0.336. The zero-order valence-corrected chi connectivity index (χ0v) is 9.91. The van der Waals surface area contributed by atoms with E-state index in [0.29, 0.717) is 17.9 Å². The quantitative estimate of drug-likeness (QED) is 0.737. The molecule has 0 saturated carbocycles. The summed E-state index contributed by atoms with van der Waals surface area (Å²) in [4.78, 5) is 16.0. The van der Waals surface area contributed by atoms with Gasteiger partial charge in [-0.15, -0.1) is 10.2 Å². The van der Waals surface area contributed by atoms with Crippen LogP contribution in [0, 0.1) is 0 Å². The van der Waals surface area contributed by atoms with E-state index >= 15 is 0 Å². The lowest BCUT2D eigenvalue weighted by Gasteiger charge is -2.12. The first-order valence-corrected chi connectivity index (χ1v) is 5.74. The van der Waals surface area contributed by atoms with Crippen LogP contribution in [-0.2, 0) is 16.0 Å². The van der Waals surface area contributed by atoms with Gasteiger partial charge in [0.25, 0.3) is 0 Å². The summed E-state index contributed by atoms with van der Waals surface area (Å²) in [5.41, 5.74) is 0.715. The van der Waals surface area contributed by atoms with Gasteiger partial charge in [-0.3, -0.25) is 9.55 Å². The van der Waals surface area contributed by atoms with E-state index in [9.17, 15) is 4.79 Å². The van der Waals surface area contributed by atoms with Crippen molar-refractivity contribution in [3.8, 4) is 11.5 Å². The van der Waals surface area contributed by atoms with Gasteiger partial charge in [-0.05, 0) is 18.6 Å². The van der Waals surface area contributed by atoms with E-state index in [0.717, 1.165) is 12.2 Å². The Morgan fingerprint density at radius 1 is 1.44 bits per heavy atom. The first-order valence-electron chi connectivity index (χ1n) is 5.74. The number of hydrogen-bond donors (Lipinski definition) is 0. The Kier molecular flexibility index (Phi) is 2.55. The third-order valence-electron chi connectivity index (χ3n) is 3.09. The smallest absolute Gasteiger partial charge is 0.328 e. The Hall–Kier alpha value is -2.24. The maximum absolute atomic E-state index is 11.7. The van der Waals surface area contributed by atoms with E-state index < -0.39 is 0 Å². The van der Waals surface area contributed by atoms with Gasteiger partial charge in [0.2, 0.25) is 0 Å². The van der Waals surface area contributed by atoms with Crippen LogP contribution >= 0.6 is 0 Å². The van der Waals surface area contributed by atoms with Crippen molar-refractivity contribution in [3.63, 3.8) is 0 Å². The average molecular weight is 244 g/mol. The number of hydrogen-bond acceptors (Lipinski definition) is 5. The van der Waals surface area contributed by atoms with Gasteiger partial charge >= 0.3 is 5.97 Å². The highest BCUT2D eigenvalue weighted by atomic mass is 16.5. The van der Waals surface area contributed by atoms with Crippen LogP contribution in [0.1, 0.15) is 18.3 Å². The van der Waals surface area contributed by atoms with Crippen LogP contribution in [0.3, 0.4) is 0 Å². The number of pyridine rings is 1. The fourth-order valence-corrected chi connectivity index (χ4v) is 2.25. The Morgan fingerprint density at radius 3 is 3.06 bits per heavy atom. The topological polar surface area (TPSA) is 69.9 Å². The summed E-state index contributed by atoms with van der Waals surface area (Å²) >= 11 is 0. The van der Waals surface area contributed by atoms with E-state index in [2.05, 4.69) is 15.2 Å². The molecule has 1 unspecified atom stereocenters. The number of carbonyl (C=O) groups excluding carboxylic acids is 1. The van der Waals surface area contributed by atoms with Crippen molar-refractivity contribution in [3.05, 3.63) is 30.2 Å². The number of rotatable bonds is 2. The van der Waals surface area contributed by atoms with E-state index in [1.54, 1.807) is 6.20 Å². The normalized spacial score (nSPS) is 17.5. The molecule has 0 radical (unpaired) electrons. The van der Waals surface area contributed by atoms with Crippen molar-refractivity contribution in [1.29, 1.82) is 0 Å². The molecule has 0 N–H and O–H groups in total. The number of ether oxygens (including phenoxy) is 1. The Labute approximate surface area is 104 Å². The molecule has 0 amide bonds. The van der Waals surface area contributed by atoms with Crippen molar-refractivity contribution < 1.29 is 9.53 Å². The summed E-state index contributed by atoms with van der Waals surface area (Å²) in [6.45, 7) is 0. The highest BCUT2D eigenvalue weighted by molar-refractivity contribution is 5.75.